The SMILES string of the molecule is Cc1ccc(CN2CCC(CNC(=O)c3noc(C)c3Cn3nc(C)cc3C)C2)cc1. The van der Waals surface area contributed by atoms with E-state index in [2.05, 4.69) is 51.7 Å². The number of benzene rings is 1. The van der Waals surface area contributed by atoms with Crippen molar-refractivity contribution < 1.29 is 9.32 Å². The summed E-state index contributed by atoms with van der Waals surface area (Å²) >= 11 is 0. The van der Waals surface area contributed by atoms with Gasteiger partial charge in [-0.3, -0.25) is 14.4 Å². The molecule has 1 amide bonds. The van der Waals surface area contributed by atoms with Crippen LogP contribution < -0.4 is 5.32 Å². The summed E-state index contributed by atoms with van der Waals surface area (Å²) in [4.78, 5) is 15.3. The predicted octanol–water partition coefficient (Wildman–Crippen LogP) is 3.40. The Hall–Kier alpha value is -2.93. The summed E-state index contributed by atoms with van der Waals surface area (Å²) in [5.74, 6) is 0.926. The number of carbonyl (C=O) groups is 1. The summed E-state index contributed by atoms with van der Waals surface area (Å²) < 4.78 is 7.22. The van der Waals surface area contributed by atoms with Gasteiger partial charge in [-0.15, -0.1) is 0 Å². The van der Waals surface area contributed by atoms with Crippen molar-refractivity contribution in [3.8, 4) is 0 Å². The first kappa shape index (κ1) is 21.3. The number of nitrogens with zero attached hydrogens (tertiary/aromatic N) is 4. The monoisotopic (exact) mass is 421 g/mol. The fourth-order valence-electron chi connectivity index (χ4n) is 4.24. The highest BCUT2D eigenvalue weighted by Gasteiger charge is 2.25. The summed E-state index contributed by atoms with van der Waals surface area (Å²) in [6, 6.07) is 10.7. The Morgan fingerprint density at radius 2 is 1.94 bits per heavy atom. The molecule has 3 heterocycles. The van der Waals surface area contributed by atoms with Gasteiger partial charge in [0.25, 0.3) is 5.91 Å². The zero-order valence-electron chi connectivity index (χ0n) is 18.8. The Kier molecular flexibility index (Phi) is 6.23. The van der Waals surface area contributed by atoms with E-state index in [-0.39, 0.29) is 5.91 Å². The van der Waals surface area contributed by atoms with Crippen LogP contribution in [0.25, 0.3) is 0 Å². The van der Waals surface area contributed by atoms with Crippen molar-refractivity contribution in [3.05, 3.63) is 69.9 Å². The van der Waals surface area contributed by atoms with E-state index in [0.29, 0.717) is 30.5 Å². The Labute approximate surface area is 183 Å². The van der Waals surface area contributed by atoms with Gasteiger partial charge in [0.15, 0.2) is 5.69 Å². The number of aromatic nitrogens is 3. The van der Waals surface area contributed by atoms with E-state index in [1.807, 2.05) is 31.5 Å². The first-order chi connectivity index (χ1) is 14.9. The molecule has 1 aliphatic rings. The molecular formula is C24H31N5O2. The molecule has 0 aliphatic carbocycles. The third-order valence-electron chi connectivity index (χ3n) is 6.06. The van der Waals surface area contributed by atoms with E-state index < -0.39 is 0 Å². The highest BCUT2D eigenvalue weighted by atomic mass is 16.5. The molecule has 164 valence electrons. The first-order valence-corrected chi connectivity index (χ1v) is 10.9. The number of hydrogen-bond donors (Lipinski definition) is 1. The molecule has 0 saturated carbocycles. The Morgan fingerprint density at radius 3 is 2.65 bits per heavy atom. The minimum atomic E-state index is -0.176. The van der Waals surface area contributed by atoms with Crippen LogP contribution >= 0.6 is 0 Å². The van der Waals surface area contributed by atoms with Gasteiger partial charge in [0.2, 0.25) is 0 Å². The molecule has 0 radical (unpaired) electrons. The van der Waals surface area contributed by atoms with Crippen LogP contribution in [0, 0.1) is 33.6 Å². The zero-order valence-corrected chi connectivity index (χ0v) is 18.8. The van der Waals surface area contributed by atoms with Crippen molar-refractivity contribution in [2.75, 3.05) is 19.6 Å². The van der Waals surface area contributed by atoms with E-state index in [0.717, 1.165) is 43.0 Å². The van der Waals surface area contributed by atoms with Gasteiger partial charge < -0.3 is 9.84 Å². The predicted molar refractivity (Wildman–Crippen MR) is 119 cm³/mol. The quantitative estimate of drug-likeness (QED) is 0.633. The Balaban J connectivity index is 1.32. The largest absolute Gasteiger partial charge is 0.361 e. The standard InChI is InChI=1S/C24H31N5O2/c1-16-5-7-20(8-6-16)13-28-10-9-21(14-28)12-25-24(30)23-22(19(4)31-27-23)15-29-18(3)11-17(2)26-29/h5-8,11,21H,9-10,12-15H2,1-4H3,(H,25,30). The minimum absolute atomic E-state index is 0.176. The van der Waals surface area contributed by atoms with Crippen molar-refractivity contribution in [2.24, 2.45) is 5.92 Å². The van der Waals surface area contributed by atoms with E-state index >= 15 is 0 Å². The molecule has 1 unspecified atom stereocenters. The number of nitrogens with one attached hydrogen (secondary N) is 1. The maximum atomic E-state index is 12.8. The lowest BCUT2D eigenvalue weighted by Gasteiger charge is -2.16. The first-order valence-electron chi connectivity index (χ1n) is 10.9. The minimum Gasteiger partial charge on any atom is -0.361 e. The molecule has 1 atom stereocenters. The molecule has 31 heavy (non-hydrogen) atoms. The molecule has 7 nitrogen and oxygen atoms in total. The average molecular weight is 422 g/mol. The molecule has 1 aromatic carbocycles. The van der Waals surface area contributed by atoms with E-state index in [1.54, 1.807) is 0 Å². The average Bonchev–Trinajstić information content (AvgIpc) is 3.42. The van der Waals surface area contributed by atoms with Gasteiger partial charge in [0.05, 0.1) is 12.2 Å². The molecule has 4 rings (SSSR count). The van der Waals surface area contributed by atoms with Crippen LogP contribution in [-0.2, 0) is 13.1 Å². The third kappa shape index (κ3) is 5.05. The lowest BCUT2D eigenvalue weighted by molar-refractivity contribution is 0.0937. The smallest absolute Gasteiger partial charge is 0.273 e. The number of carbonyl (C=O) groups excluding carboxylic acids is 1. The van der Waals surface area contributed by atoms with E-state index in [9.17, 15) is 4.79 Å². The van der Waals surface area contributed by atoms with Crippen LogP contribution in [0.3, 0.4) is 0 Å². The van der Waals surface area contributed by atoms with Gasteiger partial charge in [0.1, 0.15) is 5.76 Å². The van der Waals surface area contributed by atoms with Gasteiger partial charge in [-0.1, -0.05) is 35.0 Å². The van der Waals surface area contributed by atoms with E-state index in [4.69, 9.17) is 4.52 Å². The van der Waals surface area contributed by atoms with Crippen LogP contribution in [-0.4, -0.2) is 45.4 Å². The molecule has 1 aliphatic heterocycles. The zero-order chi connectivity index (χ0) is 22.0. The van der Waals surface area contributed by atoms with Crippen LogP contribution in [0.5, 0.6) is 0 Å². The Morgan fingerprint density at radius 1 is 1.16 bits per heavy atom. The lowest BCUT2D eigenvalue weighted by atomic mass is 10.1. The molecule has 0 bridgehead atoms. The maximum Gasteiger partial charge on any atom is 0.273 e. The number of likely N-dealkylation sites (tertiary alicyclic amines) is 1. The Bertz CT molecular complexity index is 1050. The summed E-state index contributed by atoms with van der Waals surface area (Å²) in [6.07, 6.45) is 1.09. The molecule has 1 saturated heterocycles. The lowest BCUT2D eigenvalue weighted by Crippen LogP contribution is -2.32. The molecule has 2 aromatic heterocycles. The second kappa shape index (κ2) is 9.06. The van der Waals surface area contributed by atoms with E-state index in [1.165, 1.54) is 11.1 Å². The second-order valence-corrected chi connectivity index (χ2v) is 8.74. The molecule has 1 fully saturated rings. The van der Waals surface area contributed by atoms with Gasteiger partial charge >= 0.3 is 0 Å². The molecule has 1 N–H and O–H groups in total. The van der Waals surface area contributed by atoms with Crippen LogP contribution in [0.2, 0.25) is 0 Å². The van der Waals surface area contributed by atoms with Gasteiger partial charge in [0, 0.05) is 30.9 Å². The fourth-order valence-corrected chi connectivity index (χ4v) is 4.24. The number of amides is 1. The second-order valence-electron chi connectivity index (χ2n) is 8.74. The summed E-state index contributed by atoms with van der Waals surface area (Å²) in [5.41, 5.74) is 5.77. The highest BCUT2D eigenvalue weighted by molar-refractivity contribution is 5.93. The summed E-state index contributed by atoms with van der Waals surface area (Å²) in [5, 5.41) is 11.6. The van der Waals surface area contributed by atoms with Crippen LogP contribution in [0.15, 0.2) is 34.9 Å². The summed E-state index contributed by atoms with van der Waals surface area (Å²) in [6.45, 7) is 12.0. The topological polar surface area (TPSA) is 76.2 Å². The molecule has 3 aromatic rings. The molecule has 0 spiro atoms. The van der Waals surface area contributed by atoms with Gasteiger partial charge in [-0.05, 0) is 58.2 Å². The molecular weight excluding hydrogens is 390 g/mol. The van der Waals surface area contributed by atoms with Gasteiger partial charge in [-0.2, -0.15) is 5.10 Å². The van der Waals surface area contributed by atoms with Gasteiger partial charge in [-0.25, -0.2) is 0 Å². The van der Waals surface area contributed by atoms with Crippen molar-refractivity contribution in [2.45, 2.75) is 47.2 Å². The molecule has 7 heteroatoms. The number of hydrogen-bond acceptors (Lipinski definition) is 5. The van der Waals surface area contributed by atoms with Crippen LogP contribution in [0.1, 0.15) is 50.7 Å². The number of rotatable bonds is 7. The third-order valence-corrected chi connectivity index (χ3v) is 6.06. The fraction of sp³-hybridized carbons (Fsp3) is 0.458. The number of aryl methyl sites for hydroxylation is 4. The highest BCUT2D eigenvalue weighted by Crippen LogP contribution is 2.20. The van der Waals surface area contributed by atoms with Crippen molar-refractivity contribution >= 4 is 5.91 Å². The van der Waals surface area contributed by atoms with Crippen LogP contribution in [0.4, 0.5) is 0 Å². The normalized spacial score (nSPS) is 16.7. The summed E-state index contributed by atoms with van der Waals surface area (Å²) in [7, 11) is 0. The van der Waals surface area contributed by atoms with Crippen molar-refractivity contribution in [1.82, 2.24) is 25.2 Å². The van der Waals surface area contributed by atoms with Crippen molar-refractivity contribution in [3.63, 3.8) is 0 Å². The maximum absolute atomic E-state index is 12.8. The van der Waals surface area contributed by atoms with Crippen molar-refractivity contribution in [1.29, 1.82) is 0 Å².